The van der Waals surface area contributed by atoms with Crippen LogP contribution in [-0.4, -0.2) is 30.6 Å². The fourth-order valence-electron chi connectivity index (χ4n) is 4.20. The van der Waals surface area contributed by atoms with Crippen LogP contribution in [0.4, 0.5) is 11.4 Å². The number of anilines is 2. The Morgan fingerprint density at radius 3 is 2.26 bits per heavy atom. The highest BCUT2D eigenvalue weighted by Crippen LogP contribution is 2.25. The van der Waals surface area contributed by atoms with Crippen LogP contribution in [0.2, 0.25) is 0 Å². The van der Waals surface area contributed by atoms with E-state index in [0.717, 1.165) is 17.3 Å². The van der Waals surface area contributed by atoms with E-state index in [2.05, 4.69) is 22.3 Å². The molecule has 0 radical (unpaired) electrons. The monoisotopic (exact) mass is 315 g/mol. The number of nitrogen functional groups attached to an aromatic ring is 1. The first kappa shape index (κ1) is 16.6. The Labute approximate surface area is 141 Å². The topological polar surface area (TPSA) is 41.3 Å². The molecule has 128 valence electrons. The molecule has 0 amide bonds. The van der Waals surface area contributed by atoms with E-state index in [9.17, 15) is 0 Å². The minimum absolute atomic E-state index is 0.577. The Bertz CT molecular complexity index is 458. The minimum atomic E-state index is 0.577. The molecule has 1 heterocycles. The van der Waals surface area contributed by atoms with Crippen LogP contribution in [0.1, 0.15) is 57.8 Å². The van der Waals surface area contributed by atoms with Crippen LogP contribution in [0.5, 0.6) is 0 Å². The van der Waals surface area contributed by atoms with Crippen LogP contribution in [0.3, 0.4) is 0 Å². The van der Waals surface area contributed by atoms with E-state index in [1.165, 1.54) is 77.4 Å². The second-order valence-electron chi connectivity index (χ2n) is 7.52. The highest BCUT2D eigenvalue weighted by molar-refractivity contribution is 5.65. The number of nitrogens with zero attached hydrogens (tertiary/aromatic N) is 1. The molecule has 3 heteroatoms. The fraction of sp³-hybridized carbons (Fsp3) is 0.700. The molecule has 2 fully saturated rings. The Hall–Kier alpha value is -1.22. The van der Waals surface area contributed by atoms with E-state index in [4.69, 9.17) is 5.73 Å². The van der Waals surface area contributed by atoms with Gasteiger partial charge in [-0.25, -0.2) is 0 Å². The van der Waals surface area contributed by atoms with Gasteiger partial charge in [-0.2, -0.15) is 0 Å². The van der Waals surface area contributed by atoms with Crippen LogP contribution in [0.25, 0.3) is 0 Å². The number of likely N-dealkylation sites (tertiary alicyclic amines) is 1. The van der Waals surface area contributed by atoms with Crippen molar-refractivity contribution in [3.05, 3.63) is 24.3 Å². The van der Waals surface area contributed by atoms with Crippen LogP contribution in [0.15, 0.2) is 24.3 Å². The number of hydrogen-bond acceptors (Lipinski definition) is 3. The van der Waals surface area contributed by atoms with Gasteiger partial charge in [-0.3, -0.25) is 0 Å². The van der Waals surface area contributed by atoms with Crippen LogP contribution < -0.4 is 11.1 Å². The standard InChI is InChI=1S/C20H33N3/c21-19-10-6-7-11-20(19)22-18-12-14-23(15-13-18)16-17-8-4-2-1-3-5-9-17/h6-7,10-11,17-18,22H,1-5,8-9,12-16,21H2. The molecule has 3 rings (SSSR count). The first-order valence-corrected chi connectivity index (χ1v) is 9.64. The van der Waals surface area contributed by atoms with Crippen molar-refractivity contribution in [2.75, 3.05) is 30.7 Å². The fourth-order valence-corrected chi connectivity index (χ4v) is 4.20. The molecule has 1 aliphatic heterocycles. The summed E-state index contributed by atoms with van der Waals surface area (Å²) < 4.78 is 0. The van der Waals surface area contributed by atoms with E-state index < -0.39 is 0 Å². The van der Waals surface area contributed by atoms with Crippen molar-refractivity contribution in [3.63, 3.8) is 0 Å². The number of hydrogen-bond donors (Lipinski definition) is 2. The summed E-state index contributed by atoms with van der Waals surface area (Å²) in [6.07, 6.45) is 12.7. The Kier molecular flexibility index (Phi) is 6.21. The lowest BCUT2D eigenvalue weighted by Crippen LogP contribution is -2.41. The van der Waals surface area contributed by atoms with Gasteiger partial charge >= 0.3 is 0 Å². The van der Waals surface area contributed by atoms with Crippen molar-refractivity contribution in [1.29, 1.82) is 0 Å². The van der Waals surface area contributed by atoms with Gasteiger partial charge in [0.25, 0.3) is 0 Å². The molecule has 1 aliphatic carbocycles. The zero-order chi connectivity index (χ0) is 15.9. The summed E-state index contributed by atoms with van der Waals surface area (Å²) in [4.78, 5) is 2.71. The minimum Gasteiger partial charge on any atom is -0.397 e. The molecular weight excluding hydrogens is 282 g/mol. The second kappa shape index (κ2) is 8.58. The van der Waals surface area contributed by atoms with E-state index in [1.807, 2.05) is 12.1 Å². The average Bonchev–Trinajstić information content (AvgIpc) is 2.54. The second-order valence-corrected chi connectivity index (χ2v) is 7.52. The van der Waals surface area contributed by atoms with Gasteiger partial charge in [-0.1, -0.05) is 44.2 Å². The summed E-state index contributed by atoms with van der Waals surface area (Å²) in [5, 5.41) is 3.64. The molecule has 3 nitrogen and oxygen atoms in total. The van der Waals surface area contributed by atoms with Crippen LogP contribution in [0, 0.1) is 5.92 Å². The summed E-state index contributed by atoms with van der Waals surface area (Å²) in [6.45, 7) is 3.81. The molecule has 0 unspecified atom stereocenters. The first-order chi connectivity index (χ1) is 11.3. The molecule has 1 aromatic rings. The van der Waals surface area contributed by atoms with E-state index in [0.29, 0.717) is 6.04 Å². The molecule has 0 spiro atoms. The quantitative estimate of drug-likeness (QED) is 0.804. The Morgan fingerprint density at radius 1 is 0.913 bits per heavy atom. The largest absolute Gasteiger partial charge is 0.397 e. The molecule has 2 aliphatic rings. The van der Waals surface area contributed by atoms with Crippen molar-refractivity contribution in [2.45, 2.75) is 63.8 Å². The van der Waals surface area contributed by atoms with Gasteiger partial charge in [-0.15, -0.1) is 0 Å². The van der Waals surface area contributed by atoms with Crippen molar-refractivity contribution < 1.29 is 0 Å². The van der Waals surface area contributed by atoms with E-state index in [1.54, 1.807) is 0 Å². The maximum absolute atomic E-state index is 6.04. The van der Waals surface area contributed by atoms with Crippen molar-refractivity contribution in [2.24, 2.45) is 5.92 Å². The SMILES string of the molecule is Nc1ccccc1NC1CCN(CC2CCCCCCC2)CC1. The number of benzene rings is 1. The van der Waals surface area contributed by atoms with Gasteiger partial charge in [0.1, 0.15) is 0 Å². The highest BCUT2D eigenvalue weighted by atomic mass is 15.1. The third-order valence-corrected chi connectivity index (χ3v) is 5.65. The molecule has 0 aromatic heterocycles. The lowest BCUT2D eigenvalue weighted by atomic mass is 9.90. The summed E-state index contributed by atoms with van der Waals surface area (Å²) >= 11 is 0. The van der Waals surface area contributed by atoms with Crippen molar-refractivity contribution in [3.8, 4) is 0 Å². The van der Waals surface area contributed by atoms with Gasteiger partial charge in [0.2, 0.25) is 0 Å². The number of rotatable bonds is 4. The zero-order valence-corrected chi connectivity index (χ0v) is 14.5. The number of para-hydroxylation sites is 2. The molecule has 0 atom stereocenters. The maximum atomic E-state index is 6.04. The molecular formula is C20H33N3. The Morgan fingerprint density at radius 2 is 1.57 bits per heavy atom. The van der Waals surface area contributed by atoms with E-state index in [-0.39, 0.29) is 0 Å². The average molecular weight is 316 g/mol. The molecule has 23 heavy (non-hydrogen) atoms. The predicted octanol–water partition coefficient (Wildman–Crippen LogP) is 4.51. The van der Waals surface area contributed by atoms with Gasteiger partial charge < -0.3 is 16.0 Å². The first-order valence-electron chi connectivity index (χ1n) is 9.64. The summed E-state index contributed by atoms with van der Waals surface area (Å²) in [7, 11) is 0. The number of nitrogens with two attached hydrogens (primary N) is 1. The zero-order valence-electron chi connectivity index (χ0n) is 14.5. The van der Waals surface area contributed by atoms with Gasteiger partial charge in [-0.05, 0) is 43.7 Å². The third kappa shape index (κ3) is 5.13. The van der Waals surface area contributed by atoms with Gasteiger partial charge in [0.05, 0.1) is 11.4 Å². The molecule has 1 saturated carbocycles. The third-order valence-electron chi connectivity index (χ3n) is 5.65. The normalized spacial score (nSPS) is 22.4. The van der Waals surface area contributed by atoms with Gasteiger partial charge in [0, 0.05) is 25.7 Å². The Balaban J connectivity index is 1.42. The summed E-state index contributed by atoms with van der Waals surface area (Å²) in [5.74, 6) is 0.949. The number of nitrogens with one attached hydrogen (secondary N) is 1. The lowest BCUT2D eigenvalue weighted by Gasteiger charge is -2.35. The predicted molar refractivity (Wildman–Crippen MR) is 99.7 cm³/mol. The van der Waals surface area contributed by atoms with Crippen molar-refractivity contribution >= 4 is 11.4 Å². The smallest absolute Gasteiger partial charge is 0.0576 e. The lowest BCUT2D eigenvalue weighted by molar-refractivity contribution is 0.173. The van der Waals surface area contributed by atoms with Crippen LogP contribution in [-0.2, 0) is 0 Å². The maximum Gasteiger partial charge on any atom is 0.0576 e. The molecule has 1 saturated heterocycles. The molecule has 1 aromatic carbocycles. The van der Waals surface area contributed by atoms with Crippen LogP contribution >= 0.6 is 0 Å². The molecule has 0 bridgehead atoms. The molecule has 3 N–H and O–H groups in total. The van der Waals surface area contributed by atoms with Gasteiger partial charge in [0.15, 0.2) is 0 Å². The van der Waals surface area contributed by atoms with E-state index >= 15 is 0 Å². The summed E-state index contributed by atoms with van der Waals surface area (Å²) in [6, 6.07) is 8.70. The highest BCUT2D eigenvalue weighted by Gasteiger charge is 2.22. The number of piperidine rings is 1. The summed E-state index contributed by atoms with van der Waals surface area (Å²) in [5.41, 5.74) is 8.01. The van der Waals surface area contributed by atoms with Crippen molar-refractivity contribution in [1.82, 2.24) is 4.90 Å².